The number of amides is 1. The molecule has 0 radical (unpaired) electrons. The summed E-state index contributed by atoms with van der Waals surface area (Å²) in [5.41, 5.74) is 1.78. The zero-order chi connectivity index (χ0) is 10.1. The van der Waals surface area contributed by atoms with Gasteiger partial charge in [0, 0.05) is 7.05 Å². The normalized spacial score (nSPS) is 14.6. The minimum atomic E-state index is -0.0290. The Morgan fingerprint density at radius 3 is 3.07 bits per heavy atom. The van der Waals surface area contributed by atoms with Crippen molar-refractivity contribution in [1.82, 2.24) is 0 Å². The van der Waals surface area contributed by atoms with E-state index in [1.54, 1.807) is 18.0 Å². The van der Waals surface area contributed by atoms with E-state index in [2.05, 4.69) is 6.58 Å². The van der Waals surface area contributed by atoms with E-state index in [0.29, 0.717) is 0 Å². The lowest BCUT2D eigenvalue weighted by Gasteiger charge is -2.26. The van der Waals surface area contributed by atoms with Crippen LogP contribution in [0.4, 0.5) is 5.69 Å². The van der Waals surface area contributed by atoms with E-state index in [1.807, 2.05) is 18.2 Å². The highest BCUT2D eigenvalue weighted by Crippen LogP contribution is 2.31. The van der Waals surface area contributed by atoms with Crippen molar-refractivity contribution in [2.75, 3.05) is 18.6 Å². The molecule has 1 aliphatic heterocycles. The summed E-state index contributed by atoms with van der Waals surface area (Å²) in [5, 5.41) is 0. The van der Waals surface area contributed by atoms with Crippen LogP contribution in [0, 0.1) is 0 Å². The molecule has 1 amide bonds. The first-order valence-corrected chi connectivity index (χ1v) is 4.38. The van der Waals surface area contributed by atoms with Gasteiger partial charge < -0.3 is 9.64 Å². The van der Waals surface area contributed by atoms with E-state index < -0.39 is 0 Å². The van der Waals surface area contributed by atoms with E-state index in [0.717, 1.165) is 17.0 Å². The third kappa shape index (κ3) is 1.27. The molecule has 0 aromatic heterocycles. The summed E-state index contributed by atoms with van der Waals surface area (Å²) < 4.78 is 5.28. The first-order chi connectivity index (χ1) is 6.72. The van der Waals surface area contributed by atoms with E-state index in [-0.39, 0.29) is 12.5 Å². The Morgan fingerprint density at radius 1 is 1.57 bits per heavy atom. The third-order valence-electron chi connectivity index (χ3n) is 2.31. The summed E-state index contributed by atoms with van der Waals surface area (Å²) in [7, 11) is 1.75. The minimum Gasteiger partial charge on any atom is -0.482 e. The Labute approximate surface area is 82.6 Å². The smallest absolute Gasteiger partial charge is 0.264 e. The molecule has 0 N–H and O–H groups in total. The number of carbonyl (C=O) groups is 1. The van der Waals surface area contributed by atoms with Gasteiger partial charge in [-0.2, -0.15) is 0 Å². The number of hydrogen-bond donors (Lipinski definition) is 0. The topological polar surface area (TPSA) is 29.5 Å². The van der Waals surface area contributed by atoms with Crippen LogP contribution < -0.4 is 9.64 Å². The SMILES string of the molecule is C=Cc1ccc2c(c1)N(C)C(=O)CO2. The molecule has 0 unspecified atom stereocenters. The van der Waals surface area contributed by atoms with Crippen molar-refractivity contribution in [3.63, 3.8) is 0 Å². The lowest BCUT2D eigenvalue weighted by Crippen LogP contribution is -2.35. The molecule has 1 heterocycles. The van der Waals surface area contributed by atoms with Gasteiger partial charge in [-0.15, -0.1) is 0 Å². The lowest BCUT2D eigenvalue weighted by atomic mass is 10.1. The zero-order valence-corrected chi connectivity index (χ0v) is 7.99. The number of ether oxygens (including phenoxy) is 1. The number of carbonyl (C=O) groups excluding carboxylic acids is 1. The van der Waals surface area contributed by atoms with Crippen molar-refractivity contribution in [2.45, 2.75) is 0 Å². The van der Waals surface area contributed by atoms with Crippen molar-refractivity contribution < 1.29 is 9.53 Å². The van der Waals surface area contributed by atoms with Gasteiger partial charge in [0.15, 0.2) is 6.61 Å². The van der Waals surface area contributed by atoms with Crippen LogP contribution in [0.2, 0.25) is 0 Å². The molecule has 0 saturated carbocycles. The minimum absolute atomic E-state index is 0.0290. The summed E-state index contributed by atoms with van der Waals surface area (Å²) in [6.45, 7) is 3.80. The van der Waals surface area contributed by atoms with Crippen molar-refractivity contribution in [1.29, 1.82) is 0 Å². The molecular formula is C11H11NO2. The zero-order valence-electron chi connectivity index (χ0n) is 7.99. The predicted octanol–water partition coefficient (Wildman–Crippen LogP) is 1.68. The van der Waals surface area contributed by atoms with Crippen molar-refractivity contribution >= 4 is 17.7 Å². The number of anilines is 1. The van der Waals surface area contributed by atoms with Gasteiger partial charge in [-0.1, -0.05) is 18.7 Å². The first-order valence-electron chi connectivity index (χ1n) is 4.38. The van der Waals surface area contributed by atoms with Crippen molar-refractivity contribution in [2.24, 2.45) is 0 Å². The second kappa shape index (κ2) is 3.18. The maximum atomic E-state index is 11.3. The van der Waals surface area contributed by atoms with Crippen molar-refractivity contribution in [3.05, 3.63) is 30.3 Å². The molecule has 2 rings (SSSR count). The maximum absolute atomic E-state index is 11.3. The van der Waals surface area contributed by atoms with Gasteiger partial charge in [0.05, 0.1) is 5.69 Å². The Kier molecular flexibility index (Phi) is 2.00. The number of likely N-dealkylation sites (N-methyl/N-ethyl adjacent to an activating group) is 1. The Bertz CT molecular complexity index is 398. The van der Waals surface area contributed by atoms with E-state index in [1.165, 1.54) is 0 Å². The fourth-order valence-electron chi connectivity index (χ4n) is 1.42. The molecule has 1 aromatic rings. The highest BCUT2D eigenvalue weighted by molar-refractivity contribution is 5.97. The maximum Gasteiger partial charge on any atom is 0.264 e. The Morgan fingerprint density at radius 2 is 2.36 bits per heavy atom. The van der Waals surface area contributed by atoms with Crippen LogP contribution in [0.25, 0.3) is 6.08 Å². The van der Waals surface area contributed by atoms with E-state index in [9.17, 15) is 4.79 Å². The number of nitrogens with zero attached hydrogens (tertiary/aromatic N) is 1. The van der Waals surface area contributed by atoms with Crippen LogP contribution in [0.15, 0.2) is 24.8 Å². The molecule has 72 valence electrons. The Hall–Kier alpha value is -1.77. The lowest BCUT2D eigenvalue weighted by molar-refractivity contribution is -0.120. The number of benzene rings is 1. The first kappa shape index (κ1) is 8.81. The predicted molar refractivity (Wildman–Crippen MR) is 55.4 cm³/mol. The summed E-state index contributed by atoms with van der Waals surface area (Å²) in [4.78, 5) is 12.9. The van der Waals surface area contributed by atoms with Gasteiger partial charge in [-0.3, -0.25) is 4.79 Å². The van der Waals surface area contributed by atoms with Crippen molar-refractivity contribution in [3.8, 4) is 5.75 Å². The van der Waals surface area contributed by atoms with Crippen LogP contribution in [-0.4, -0.2) is 19.6 Å². The van der Waals surface area contributed by atoms with Gasteiger partial charge in [-0.25, -0.2) is 0 Å². The molecule has 1 aromatic carbocycles. The molecule has 14 heavy (non-hydrogen) atoms. The van der Waals surface area contributed by atoms with Gasteiger partial charge in [0.25, 0.3) is 5.91 Å². The van der Waals surface area contributed by atoms with Gasteiger partial charge in [0.2, 0.25) is 0 Å². The molecule has 0 saturated heterocycles. The fraction of sp³-hybridized carbons (Fsp3) is 0.182. The van der Waals surface area contributed by atoms with Crippen LogP contribution >= 0.6 is 0 Å². The third-order valence-corrected chi connectivity index (χ3v) is 2.31. The van der Waals surface area contributed by atoms with Gasteiger partial charge >= 0.3 is 0 Å². The standard InChI is InChI=1S/C11H11NO2/c1-3-8-4-5-10-9(6-8)12(2)11(13)7-14-10/h3-6H,1,7H2,2H3. The summed E-state index contributed by atoms with van der Waals surface area (Å²) in [5.74, 6) is 0.719. The molecule has 1 aliphatic rings. The Balaban J connectivity index is 2.51. The molecule has 0 aliphatic carbocycles. The van der Waals surface area contributed by atoms with Crippen LogP contribution in [-0.2, 0) is 4.79 Å². The van der Waals surface area contributed by atoms with E-state index >= 15 is 0 Å². The quantitative estimate of drug-likeness (QED) is 0.672. The molecule has 0 bridgehead atoms. The van der Waals surface area contributed by atoms with Crippen LogP contribution in [0.3, 0.4) is 0 Å². The van der Waals surface area contributed by atoms with E-state index in [4.69, 9.17) is 4.74 Å². The number of hydrogen-bond acceptors (Lipinski definition) is 2. The second-order valence-corrected chi connectivity index (χ2v) is 3.17. The molecule has 0 fully saturated rings. The van der Waals surface area contributed by atoms with Crippen LogP contribution in [0.1, 0.15) is 5.56 Å². The largest absolute Gasteiger partial charge is 0.482 e. The van der Waals surface area contributed by atoms with Crippen LogP contribution in [0.5, 0.6) is 5.75 Å². The second-order valence-electron chi connectivity index (χ2n) is 3.17. The number of fused-ring (bicyclic) bond motifs is 1. The van der Waals surface area contributed by atoms with Gasteiger partial charge in [-0.05, 0) is 17.7 Å². The molecule has 0 spiro atoms. The highest BCUT2D eigenvalue weighted by atomic mass is 16.5. The summed E-state index contributed by atoms with van der Waals surface area (Å²) in [6.07, 6.45) is 1.74. The molecule has 3 heteroatoms. The molecular weight excluding hydrogens is 178 g/mol. The summed E-state index contributed by atoms with van der Waals surface area (Å²) in [6, 6.07) is 5.66. The highest BCUT2D eigenvalue weighted by Gasteiger charge is 2.21. The van der Waals surface area contributed by atoms with Gasteiger partial charge in [0.1, 0.15) is 5.75 Å². The summed E-state index contributed by atoms with van der Waals surface area (Å²) >= 11 is 0. The monoisotopic (exact) mass is 189 g/mol. The number of rotatable bonds is 1. The average molecular weight is 189 g/mol. The molecule has 3 nitrogen and oxygen atoms in total. The molecule has 0 atom stereocenters. The fourth-order valence-corrected chi connectivity index (χ4v) is 1.42. The average Bonchev–Trinajstić information content (AvgIpc) is 2.23.